The lowest BCUT2D eigenvalue weighted by Crippen LogP contribution is -2.04. The van der Waals surface area contributed by atoms with E-state index in [4.69, 9.17) is 9.72 Å². The maximum absolute atomic E-state index is 11.9. The van der Waals surface area contributed by atoms with Gasteiger partial charge >= 0.3 is 5.97 Å². The van der Waals surface area contributed by atoms with Gasteiger partial charge in [0.05, 0.1) is 29.2 Å². The number of imidazole rings is 1. The Bertz CT molecular complexity index is 1090. The van der Waals surface area contributed by atoms with Crippen LogP contribution in [0.15, 0.2) is 42.5 Å². The Morgan fingerprint density at radius 1 is 1.20 bits per heavy atom. The maximum atomic E-state index is 11.9. The SMILES string of the molecule is COC(=O)c1ccc2[nH]nc(-c3nc4ccccc4n3C(C)C)c2c1. The molecule has 6 nitrogen and oxygen atoms in total. The van der Waals surface area contributed by atoms with E-state index in [2.05, 4.69) is 34.7 Å². The van der Waals surface area contributed by atoms with E-state index < -0.39 is 0 Å². The molecule has 2 heterocycles. The van der Waals surface area contributed by atoms with Crippen LogP contribution in [0.4, 0.5) is 0 Å². The van der Waals surface area contributed by atoms with Crippen LogP contribution in [0.5, 0.6) is 0 Å². The summed E-state index contributed by atoms with van der Waals surface area (Å²) in [5.74, 6) is 0.413. The molecule has 0 fully saturated rings. The van der Waals surface area contributed by atoms with Crippen LogP contribution in [0, 0.1) is 0 Å². The number of hydrogen-bond donors (Lipinski definition) is 1. The lowest BCUT2D eigenvalue weighted by molar-refractivity contribution is 0.0601. The van der Waals surface area contributed by atoms with E-state index in [0.717, 1.165) is 33.5 Å². The van der Waals surface area contributed by atoms with E-state index in [-0.39, 0.29) is 12.0 Å². The van der Waals surface area contributed by atoms with Crippen LogP contribution in [0.3, 0.4) is 0 Å². The zero-order valence-electron chi connectivity index (χ0n) is 14.3. The summed E-state index contributed by atoms with van der Waals surface area (Å²) in [6, 6.07) is 13.6. The molecule has 0 saturated carbocycles. The lowest BCUT2D eigenvalue weighted by Gasteiger charge is -2.12. The molecule has 0 aliphatic carbocycles. The van der Waals surface area contributed by atoms with Crippen molar-refractivity contribution in [2.24, 2.45) is 0 Å². The molecule has 2 aromatic heterocycles. The fourth-order valence-corrected chi connectivity index (χ4v) is 3.16. The molecule has 126 valence electrons. The first-order valence-corrected chi connectivity index (χ1v) is 8.14. The fourth-order valence-electron chi connectivity index (χ4n) is 3.16. The Morgan fingerprint density at radius 2 is 2.00 bits per heavy atom. The van der Waals surface area contributed by atoms with Gasteiger partial charge in [-0.15, -0.1) is 0 Å². The van der Waals surface area contributed by atoms with Crippen molar-refractivity contribution >= 4 is 27.9 Å². The maximum Gasteiger partial charge on any atom is 0.337 e. The van der Waals surface area contributed by atoms with Crippen molar-refractivity contribution in [1.29, 1.82) is 0 Å². The first-order chi connectivity index (χ1) is 12.1. The monoisotopic (exact) mass is 334 g/mol. The molecule has 0 bridgehead atoms. The number of aromatic amines is 1. The molecule has 0 saturated heterocycles. The zero-order valence-corrected chi connectivity index (χ0v) is 14.3. The van der Waals surface area contributed by atoms with Crippen LogP contribution >= 0.6 is 0 Å². The molecule has 0 aliphatic heterocycles. The highest BCUT2D eigenvalue weighted by molar-refractivity contribution is 5.99. The number of esters is 1. The average Bonchev–Trinajstić information content (AvgIpc) is 3.21. The summed E-state index contributed by atoms with van der Waals surface area (Å²) in [5.41, 5.74) is 4.06. The van der Waals surface area contributed by atoms with Crippen molar-refractivity contribution in [2.75, 3.05) is 7.11 Å². The Balaban J connectivity index is 2.00. The van der Waals surface area contributed by atoms with Crippen molar-refractivity contribution in [3.8, 4) is 11.5 Å². The second-order valence-corrected chi connectivity index (χ2v) is 6.21. The molecular weight excluding hydrogens is 316 g/mol. The molecule has 0 amide bonds. The molecule has 6 heteroatoms. The third-order valence-corrected chi connectivity index (χ3v) is 4.31. The van der Waals surface area contributed by atoms with Gasteiger partial charge in [-0.25, -0.2) is 9.78 Å². The van der Waals surface area contributed by atoms with Crippen LogP contribution < -0.4 is 0 Å². The number of benzene rings is 2. The van der Waals surface area contributed by atoms with Crippen molar-refractivity contribution in [2.45, 2.75) is 19.9 Å². The topological polar surface area (TPSA) is 72.8 Å². The largest absolute Gasteiger partial charge is 0.465 e. The summed E-state index contributed by atoms with van der Waals surface area (Å²) < 4.78 is 6.99. The van der Waals surface area contributed by atoms with Crippen molar-refractivity contribution in [3.63, 3.8) is 0 Å². The van der Waals surface area contributed by atoms with Crippen LogP contribution in [0.2, 0.25) is 0 Å². The van der Waals surface area contributed by atoms with Gasteiger partial charge in [-0.05, 0) is 44.2 Å². The van der Waals surface area contributed by atoms with E-state index in [1.165, 1.54) is 7.11 Å². The fraction of sp³-hybridized carbons (Fsp3) is 0.211. The third kappa shape index (κ3) is 2.38. The molecule has 0 spiro atoms. The highest BCUT2D eigenvalue weighted by Gasteiger charge is 2.20. The zero-order chi connectivity index (χ0) is 17.6. The number of fused-ring (bicyclic) bond motifs is 2. The molecule has 1 N–H and O–H groups in total. The number of rotatable bonds is 3. The number of para-hydroxylation sites is 2. The van der Waals surface area contributed by atoms with Gasteiger partial charge in [0, 0.05) is 11.4 Å². The van der Waals surface area contributed by atoms with Gasteiger partial charge < -0.3 is 9.30 Å². The Kier molecular flexibility index (Phi) is 3.53. The minimum atomic E-state index is -0.369. The van der Waals surface area contributed by atoms with Gasteiger partial charge in [-0.3, -0.25) is 5.10 Å². The van der Waals surface area contributed by atoms with Gasteiger partial charge in [0.2, 0.25) is 0 Å². The average molecular weight is 334 g/mol. The lowest BCUT2D eigenvalue weighted by atomic mass is 10.1. The van der Waals surface area contributed by atoms with Crippen LogP contribution in [-0.4, -0.2) is 32.8 Å². The highest BCUT2D eigenvalue weighted by Crippen LogP contribution is 2.31. The minimum absolute atomic E-state index is 0.220. The molecule has 0 aliphatic rings. The van der Waals surface area contributed by atoms with Crippen molar-refractivity contribution < 1.29 is 9.53 Å². The van der Waals surface area contributed by atoms with Gasteiger partial charge in [-0.1, -0.05) is 12.1 Å². The predicted molar refractivity (Wildman–Crippen MR) is 96.5 cm³/mol. The molecule has 25 heavy (non-hydrogen) atoms. The predicted octanol–water partition coefficient (Wildman–Crippen LogP) is 3.95. The summed E-state index contributed by atoms with van der Waals surface area (Å²) in [6.07, 6.45) is 0. The van der Waals surface area contributed by atoms with E-state index in [1.54, 1.807) is 12.1 Å². The summed E-state index contributed by atoms with van der Waals surface area (Å²) in [7, 11) is 1.38. The van der Waals surface area contributed by atoms with Crippen molar-refractivity contribution in [1.82, 2.24) is 19.7 Å². The molecule has 4 rings (SSSR count). The first kappa shape index (κ1) is 15.4. The van der Waals surface area contributed by atoms with Gasteiger partial charge in [-0.2, -0.15) is 5.10 Å². The summed E-state index contributed by atoms with van der Waals surface area (Å²) in [4.78, 5) is 16.7. The number of carbonyl (C=O) groups excluding carboxylic acids is 1. The molecule has 0 atom stereocenters. The first-order valence-electron chi connectivity index (χ1n) is 8.14. The summed E-state index contributed by atoms with van der Waals surface area (Å²) in [5, 5.41) is 8.34. The van der Waals surface area contributed by atoms with Crippen LogP contribution in [-0.2, 0) is 4.74 Å². The van der Waals surface area contributed by atoms with Crippen LogP contribution in [0.1, 0.15) is 30.2 Å². The normalized spacial score (nSPS) is 11.5. The summed E-state index contributed by atoms with van der Waals surface area (Å²) >= 11 is 0. The number of carbonyl (C=O) groups is 1. The van der Waals surface area contributed by atoms with E-state index >= 15 is 0 Å². The Morgan fingerprint density at radius 3 is 2.76 bits per heavy atom. The second-order valence-electron chi connectivity index (χ2n) is 6.21. The number of nitrogens with zero attached hydrogens (tertiary/aromatic N) is 3. The highest BCUT2D eigenvalue weighted by atomic mass is 16.5. The van der Waals surface area contributed by atoms with Gasteiger partial charge in [0.25, 0.3) is 0 Å². The van der Waals surface area contributed by atoms with Gasteiger partial charge in [0.1, 0.15) is 5.69 Å². The summed E-state index contributed by atoms with van der Waals surface area (Å²) in [6.45, 7) is 4.23. The Hall–Kier alpha value is -3.15. The number of aromatic nitrogens is 4. The Labute approximate surface area is 144 Å². The molecule has 4 aromatic rings. The molecule has 0 radical (unpaired) electrons. The number of H-pyrrole nitrogens is 1. The minimum Gasteiger partial charge on any atom is -0.465 e. The smallest absolute Gasteiger partial charge is 0.337 e. The van der Waals surface area contributed by atoms with Gasteiger partial charge in [0.15, 0.2) is 5.82 Å². The molecule has 2 aromatic carbocycles. The molecule has 0 unspecified atom stereocenters. The number of hydrogen-bond acceptors (Lipinski definition) is 4. The second kappa shape index (κ2) is 5.73. The van der Waals surface area contributed by atoms with E-state index in [1.807, 2.05) is 24.3 Å². The van der Waals surface area contributed by atoms with E-state index in [0.29, 0.717) is 5.56 Å². The van der Waals surface area contributed by atoms with Crippen molar-refractivity contribution in [3.05, 3.63) is 48.0 Å². The standard InChI is InChI=1S/C19H18N4O2/c1-11(2)23-16-7-5-4-6-15(16)20-18(23)17-13-10-12(19(24)25-3)8-9-14(13)21-22-17/h4-11H,1-3H3,(H,21,22). The number of ether oxygens (including phenoxy) is 1. The quantitative estimate of drug-likeness (QED) is 0.576. The van der Waals surface area contributed by atoms with Crippen LogP contribution in [0.25, 0.3) is 33.5 Å². The third-order valence-electron chi connectivity index (χ3n) is 4.31. The van der Waals surface area contributed by atoms with E-state index in [9.17, 15) is 4.79 Å². The number of nitrogens with one attached hydrogen (secondary N) is 1. The number of methoxy groups -OCH3 is 1. The molecular formula is C19H18N4O2.